The summed E-state index contributed by atoms with van der Waals surface area (Å²) in [5.74, 6) is 7.05. The Hall–Kier alpha value is -2.72. The highest BCUT2D eigenvalue weighted by molar-refractivity contribution is 6.92. The van der Waals surface area contributed by atoms with Crippen LogP contribution in [0.5, 0.6) is 0 Å². The predicted molar refractivity (Wildman–Crippen MR) is 120 cm³/mol. The summed E-state index contributed by atoms with van der Waals surface area (Å²) in [5.41, 5.74) is 11.6. The Labute approximate surface area is 164 Å². The second kappa shape index (κ2) is 7.89. The van der Waals surface area contributed by atoms with Gasteiger partial charge in [0.25, 0.3) is 6.71 Å². The molecule has 0 saturated carbocycles. The molecule has 134 valence electrons. The molecule has 0 spiro atoms. The first kappa shape index (κ1) is 19.1. The fraction of sp³-hybridized carbons (Fsp3) is 0.231. The first-order chi connectivity index (χ1) is 12.9. The molecule has 0 aliphatic rings. The van der Waals surface area contributed by atoms with E-state index in [1.807, 2.05) is 18.2 Å². The van der Waals surface area contributed by atoms with Gasteiger partial charge in [0.1, 0.15) is 0 Å². The predicted octanol–water partition coefficient (Wildman–Crippen LogP) is 4.74. The maximum atomic E-state index is 3.62. The van der Waals surface area contributed by atoms with Crippen molar-refractivity contribution in [2.24, 2.45) is 0 Å². The van der Waals surface area contributed by atoms with Gasteiger partial charge in [0.15, 0.2) is 0 Å². The molecule has 3 aromatic carbocycles. The quantitative estimate of drug-likeness (QED) is 0.463. The topological polar surface area (TPSA) is 0 Å². The van der Waals surface area contributed by atoms with Crippen molar-refractivity contribution in [3.63, 3.8) is 0 Å². The van der Waals surface area contributed by atoms with E-state index in [4.69, 9.17) is 0 Å². The number of rotatable bonds is 2. The van der Waals surface area contributed by atoms with Gasteiger partial charge in [0, 0.05) is 5.56 Å². The van der Waals surface area contributed by atoms with Crippen LogP contribution in [0.1, 0.15) is 38.9 Å². The first-order valence-electron chi connectivity index (χ1n) is 9.59. The lowest BCUT2D eigenvalue weighted by molar-refractivity contribution is 1.34. The summed E-state index contributed by atoms with van der Waals surface area (Å²) < 4.78 is 0. The largest absolute Gasteiger partial charge is 0.297 e. The van der Waals surface area contributed by atoms with E-state index in [1.165, 1.54) is 44.3 Å². The van der Waals surface area contributed by atoms with Gasteiger partial charge >= 0.3 is 0 Å². The summed E-state index contributed by atoms with van der Waals surface area (Å²) in [6.45, 7) is 13.3. The first-order valence-corrected chi connectivity index (χ1v) is 9.59. The average molecular weight is 350 g/mol. The second-order valence-electron chi connectivity index (χ2n) is 7.69. The Morgan fingerprint density at radius 2 is 1.00 bits per heavy atom. The van der Waals surface area contributed by atoms with Gasteiger partial charge in [-0.25, -0.2) is 0 Å². The van der Waals surface area contributed by atoms with Crippen molar-refractivity contribution in [1.29, 1.82) is 0 Å². The number of hydrogen-bond donors (Lipinski definition) is 0. The van der Waals surface area contributed by atoms with Crippen molar-refractivity contribution in [2.45, 2.75) is 41.5 Å². The fourth-order valence-electron chi connectivity index (χ4n) is 4.26. The molecule has 0 unspecified atom stereocenters. The standard InChI is InChI=1S/C26H27B/c1-18-14-20(3)25(21(4)15-18)27(13-12-24-10-8-7-9-11-24)26-22(5)16-19(2)17-23(26)6/h7-11,14-17H,1-6H3. The molecule has 0 nitrogen and oxygen atoms in total. The van der Waals surface area contributed by atoms with Gasteiger partial charge in [0.2, 0.25) is 0 Å². The van der Waals surface area contributed by atoms with Gasteiger partial charge < -0.3 is 0 Å². The third-order valence-electron chi connectivity index (χ3n) is 5.19. The summed E-state index contributed by atoms with van der Waals surface area (Å²) in [6, 6.07) is 19.4. The molecule has 0 atom stereocenters. The summed E-state index contributed by atoms with van der Waals surface area (Å²) in [5, 5.41) is 0. The maximum Gasteiger partial charge on any atom is 0.297 e. The molecule has 0 bridgehead atoms. The molecule has 0 aliphatic carbocycles. The van der Waals surface area contributed by atoms with Gasteiger partial charge in [-0.3, -0.25) is 0 Å². The van der Waals surface area contributed by atoms with Gasteiger partial charge in [-0.1, -0.05) is 92.7 Å². The molecule has 3 rings (SSSR count). The molecular formula is C26H27B. The van der Waals surface area contributed by atoms with E-state index in [0.29, 0.717) is 0 Å². The number of aryl methyl sites for hydroxylation is 6. The zero-order chi connectivity index (χ0) is 19.6. The Balaban J connectivity index is 2.25. The van der Waals surface area contributed by atoms with E-state index in [9.17, 15) is 0 Å². The van der Waals surface area contributed by atoms with Gasteiger partial charge in [-0.05, 0) is 53.7 Å². The minimum absolute atomic E-state index is 0.0754. The van der Waals surface area contributed by atoms with Crippen LogP contribution in [0.3, 0.4) is 0 Å². The van der Waals surface area contributed by atoms with E-state index in [2.05, 4.69) is 89.7 Å². The van der Waals surface area contributed by atoms with Crippen LogP contribution >= 0.6 is 0 Å². The van der Waals surface area contributed by atoms with Gasteiger partial charge in [0.05, 0.1) is 0 Å². The highest BCUT2D eigenvalue weighted by Gasteiger charge is 2.25. The number of benzene rings is 3. The molecule has 3 aromatic rings. The van der Waals surface area contributed by atoms with Crippen LogP contribution in [0, 0.1) is 53.3 Å². The normalized spacial score (nSPS) is 10.3. The van der Waals surface area contributed by atoms with Crippen LogP contribution in [0.2, 0.25) is 0 Å². The Morgan fingerprint density at radius 1 is 0.593 bits per heavy atom. The summed E-state index contributed by atoms with van der Waals surface area (Å²) in [6.07, 6.45) is 0. The Morgan fingerprint density at radius 3 is 1.41 bits per heavy atom. The van der Waals surface area contributed by atoms with E-state index >= 15 is 0 Å². The van der Waals surface area contributed by atoms with E-state index in [-0.39, 0.29) is 6.71 Å². The Bertz CT molecular complexity index is 929. The number of hydrogen-bond acceptors (Lipinski definition) is 0. The zero-order valence-electron chi connectivity index (χ0n) is 17.3. The van der Waals surface area contributed by atoms with Crippen molar-refractivity contribution in [3.8, 4) is 11.7 Å². The minimum atomic E-state index is 0.0754. The molecule has 0 N–H and O–H groups in total. The Kier molecular flexibility index (Phi) is 5.57. The summed E-state index contributed by atoms with van der Waals surface area (Å²) in [4.78, 5) is 0. The van der Waals surface area contributed by atoms with E-state index < -0.39 is 0 Å². The van der Waals surface area contributed by atoms with Crippen molar-refractivity contribution in [2.75, 3.05) is 0 Å². The minimum Gasteiger partial charge on any atom is -0.137 e. The van der Waals surface area contributed by atoms with E-state index in [1.54, 1.807) is 0 Å². The van der Waals surface area contributed by atoms with E-state index in [0.717, 1.165) is 5.56 Å². The van der Waals surface area contributed by atoms with Crippen LogP contribution in [0.25, 0.3) is 0 Å². The lowest BCUT2D eigenvalue weighted by Gasteiger charge is -2.20. The molecule has 1 heteroatoms. The molecule has 0 radical (unpaired) electrons. The van der Waals surface area contributed by atoms with Crippen LogP contribution in [-0.4, -0.2) is 6.71 Å². The third kappa shape index (κ3) is 4.17. The van der Waals surface area contributed by atoms with Crippen molar-refractivity contribution >= 4 is 17.6 Å². The second-order valence-corrected chi connectivity index (χ2v) is 7.69. The van der Waals surface area contributed by atoms with Crippen LogP contribution in [0.4, 0.5) is 0 Å². The van der Waals surface area contributed by atoms with Crippen molar-refractivity contribution in [1.82, 2.24) is 0 Å². The molecule has 0 fully saturated rings. The average Bonchev–Trinajstić information content (AvgIpc) is 2.58. The third-order valence-corrected chi connectivity index (χ3v) is 5.19. The van der Waals surface area contributed by atoms with Crippen molar-refractivity contribution < 1.29 is 0 Å². The SMILES string of the molecule is Cc1cc(C)c(B(C#Cc2ccccc2)c2c(C)cc(C)cc2C)c(C)c1. The highest BCUT2D eigenvalue weighted by Crippen LogP contribution is 2.12. The molecule has 27 heavy (non-hydrogen) atoms. The monoisotopic (exact) mass is 350 g/mol. The van der Waals surface area contributed by atoms with Gasteiger partial charge in [-0.2, -0.15) is 0 Å². The zero-order valence-corrected chi connectivity index (χ0v) is 17.3. The molecule has 0 amide bonds. The fourth-order valence-corrected chi connectivity index (χ4v) is 4.26. The van der Waals surface area contributed by atoms with Crippen LogP contribution < -0.4 is 10.9 Å². The molecule has 0 aliphatic heterocycles. The molecular weight excluding hydrogens is 323 g/mol. The van der Waals surface area contributed by atoms with Crippen LogP contribution in [0.15, 0.2) is 54.6 Å². The van der Waals surface area contributed by atoms with Crippen molar-refractivity contribution in [3.05, 3.63) is 93.5 Å². The molecule has 0 saturated heterocycles. The lowest BCUT2D eigenvalue weighted by Crippen LogP contribution is -2.46. The smallest absolute Gasteiger partial charge is 0.137 e. The lowest BCUT2D eigenvalue weighted by atomic mass is 9.38. The maximum absolute atomic E-state index is 3.62. The molecule has 0 aromatic heterocycles. The van der Waals surface area contributed by atoms with Crippen LogP contribution in [-0.2, 0) is 0 Å². The molecule has 0 heterocycles. The summed E-state index contributed by atoms with van der Waals surface area (Å²) >= 11 is 0. The van der Waals surface area contributed by atoms with Gasteiger partial charge in [-0.15, -0.1) is 5.82 Å². The summed E-state index contributed by atoms with van der Waals surface area (Å²) in [7, 11) is 0. The highest BCUT2D eigenvalue weighted by atomic mass is 14.1.